The summed E-state index contributed by atoms with van der Waals surface area (Å²) >= 11 is 0. The molecule has 1 aliphatic heterocycles. The molecule has 1 heterocycles. The highest BCUT2D eigenvalue weighted by atomic mass is 16.5. The highest BCUT2D eigenvalue weighted by Gasteiger charge is 2.17. The van der Waals surface area contributed by atoms with E-state index in [-0.39, 0.29) is 5.97 Å². The molecule has 4 heteroatoms. The Kier molecular flexibility index (Phi) is 4.59. The Bertz CT molecular complexity index is 400. The lowest BCUT2D eigenvalue weighted by Crippen LogP contribution is -2.22. The second-order valence-electron chi connectivity index (χ2n) is 4.45. The first kappa shape index (κ1) is 12.9. The molecule has 0 aliphatic carbocycles. The van der Waals surface area contributed by atoms with Crippen molar-refractivity contribution in [1.82, 2.24) is 0 Å². The number of rotatable bonds is 4. The number of hydrogen-bond donors (Lipinski definition) is 1. The first-order valence-electron chi connectivity index (χ1n) is 6.33. The van der Waals surface area contributed by atoms with Crippen LogP contribution in [0.1, 0.15) is 23.2 Å². The Balaban J connectivity index is 1.90. The summed E-state index contributed by atoms with van der Waals surface area (Å²) in [5, 5.41) is 2.99. The Morgan fingerprint density at radius 3 is 2.83 bits per heavy atom. The van der Waals surface area contributed by atoms with E-state index in [2.05, 4.69) is 5.32 Å². The number of nitrogens with one attached hydrogen (secondary N) is 1. The maximum Gasteiger partial charge on any atom is 0.340 e. The van der Waals surface area contributed by atoms with Crippen LogP contribution in [-0.2, 0) is 9.47 Å². The molecule has 0 aromatic heterocycles. The third kappa shape index (κ3) is 3.23. The van der Waals surface area contributed by atoms with Crippen molar-refractivity contribution in [3.05, 3.63) is 29.8 Å². The molecule has 0 saturated carbocycles. The van der Waals surface area contributed by atoms with Gasteiger partial charge in [0.2, 0.25) is 0 Å². The molecule has 0 bridgehead atoms. The quantitative estimate of drug-likeness (QED) is 0.832. The smallest absolute Gasteiger partial charge is 0.340 e. The maximum absolute atomic E-state index is 12.0. The number of ether oxygens (including phenoxy) is 2. The van der Waals surface area contributed by atoms with Gasteiger partial charge in [0, 0.05) is 25.9 Å². The molecule has 1 aromatic carbocycles. The van der Waals surface area contributed by atoms with Gasteiger partial charge in [-0.15, -0.1) is 0 Å². The third-order valence-corrected chi connectivity index (χ3v) is 3.21. The number of anilines is 1. The minimum absolute atomic E-state index is 0.258. The van der Waals surface area contributed by atoms with E-state index in [0.29, 0.717) is 18.1 Å². The number of carbonyl (C=O) groups excluding carboxylic acids is 1. The van der Waals surface area contributed by atoms with Gasteiger partial charge in [0.1, 0.15) is 0 Å². The standard InChI is InChI=1S/C14H19NO3/c1-15-13-5-3-2-4-12(13)14(16)18-10-11-6-8-17-9-7-11/h2-5,11,15H,6-10H2,1H3. The zero-order chi connectivity index (χ0) is 12.8. The van der Waals surface area contributed by atoms with E-state index < -0.39 is 0 Å². The monoisotopic (exact) mass is 249 g/mol. The summed E-state index contributed by atoms with van der Waals surface area (Å²) in [4.78, 5) is 12.0. The van der Waals surface area contributed by atoms with E-state index in [1.807, 2.05) is 18.2 Å². The van der Waals surface area contributed by atoms with Crippen LogP contribution in [0.3, 0.4) is 0 Å². The summed E-state index contributed by atoms with van der Waals surface area (Å²) in [7, 11) is 1.80. The fourth-order valence-electron chi connectivity index (χ4n) is 2.06. The number of para-hydroxylation sites is 1. The van der Waals surface area contributed by atoms with Crippen LogP contribution in [0.2, 0.25) is 0 Å². The minimum Gasteiger partial charge on any atom is -0.462 e. The van der Waals surface area contributed by atoms with Crippen LogP contribution in [0.15, 0.2) is 24.3 Å². The summed E-state index contributed by atoms with van der Waals surface area (Å²) in [6.45, 7) is 2.03. The van der Waals surface area contributed by atoms with Gasteiger partial charge in [-0.25, -0.2) is 4.79 Å². The molecule has 1 saturated heterocycles. The fraction of sp³-hybridized carbons (Fsp3) is 0.500. The van der Waals surface area contributed by atoms with Gasteiger partial charge in [-0.1, -0.05) is 12.1 Å². The number of carbonyl (C=O) groups is 1. The van der Waals surface area contributed by atoms with Gasteiger partial charge in [0.25, 0.3) is 0 Å². The molecular formula is C14H19NO3. The van der Waals surface area contributed by atoms with Crippen molar-refractivity contribution < 1.29 is 14.3 Å². The zero-order valence-electron chi connectivity index (χ0n) is 10.6. The molecule has 98 valence electrons. The highest BCUT2D eigenvalue weighted by molar-refractivity contribution is 5.95. The molecule has 2 rings (SSSR count). The molecular weight excluding hydrogens is 230 g/mol. The number of benzene rings is 1. The molecule has 1 fully saturated rings. The van der Waals surface area contributed by atoms with Crippen LogP contribution in [-0.4, -0.2) is 32.8 Å². The van der Waals surface area contributed by atoms with Crippen molar-refractivity contribution in [3.8, 4) is 0 Å². The summed E-state index contributed by atoms with van der Waals surface area (Å²) in [5.41, 5.74) is 1.39. The van der Waals surface area contributed by atoms with Gasteiger partial charge in [0.05, 0.1) is 12.2 Å². The first-order chi connectivity index (χ1) is 8.81. The van der Waals surface area contributed by atoms with E-state index in [9.17, 15) is 4.79 Å². The first-order valence-corrected chi connectivity index (χ1v) is 6.33. The Morgan fingerprint density at radius 1 is 1.39 bits per heavy atom. The van der Waals surface area contributed by atoms with Crippen molar-refractivity contribution in [1.29, 1.82) is 0 Å². The molecule has 0 amide bonds. The van der Waals surface area contributed by atoms with Crippen molar-refractivity contribution in [3.63, 3.8) is 0 Å². The highest BCUT2D eigenvalue weighted by Crippen LogP contribution is 2.18. The Hall–Kier alpha value is -1.55. The van der Waals surface area contributed by atoms with Crippen LogP contribution in [0.4, 0.5) is 5.69 Å². The maximum atomic E-state index is 12.0. The lowest BCUT2D eigenvalue weighted by Gasteiger charge is -2.21. The molecule has 0 unspecified atom stereocenters. The molecule has 1 aromatic rings. The average molecular weight is 249 g/mol. The summed E-state index contributed by atoms with van der Waals surface area (Å²) < 4.78 is 10.7. The SMILES string of the molecule is CNc1ccccc1C(=O)OCC1CCOCC1. The number of esters is 1. The van der Waals surface area contributed by atoms with Crippen molar-refractivity contribution in [2.24, 2.45) is 5.92 Å². The van der Waals surface area contributed by atoms with Gasteiger partial charge >= 0.3 is 5.97 Å². The van der Waals surface area contributed by atoms with E-state index in [1.165, 1.54) is 0 Å². The molecule has 4 nitrogen and oxygen atoms in total. The van der Waals surface area contributed by atoms with Crippen molar-refractivity contribution in [2.75, 3.05) is 32.2 Å². The predicted octanol–water partition coefficient (Wildman–Crippen LogP) is 2.31. The van der Waals surface area contributed by atoms with E-state index in [1.54, 1.807) is 13.1 Å². The summed E-state index contributed by atoms with van der Waals surface area (Å²) in [5.74, 6) is 0.177. The van der Waals surface area contributed by atoms with Crippen molar-refractivity contribution >= 4 is 11.7 Å². The normalized spacial score (nSPS) is 16.3. The summed E-state index contributed by atoms with van der Waals surface area (Å²) in [6.07, 6.45) is 1.95. The van der Waals surface area contributed by atoms with Gasteiger partial charge in [0.15, 0.2) is 0 Å². The van der Waals surface area contributed by atoms with E-state index in [4.69, 9.17) is 9.47 Å². The lowest BCUT2D eigenvalue weighted by molar-refractivity contribution is 0.0186. The van der Waals surface area contributed by atoms with Crippen LogP contribution in [0.25, 0.3) is 0 Å². The van der Waals surface area contributed by atoms with Crippen LogP contribution >= 0.6 is 0 Å². The topological polar surface area (TPSA) is 47.6 Å². The molecule has 0 spiro atoms. The largest absolute Gasteiger partial charge is 0.462 e. The molecule has 1 aliphatic rings. The Labute approximate surface area is 107 Å². The minimum atomic E-state index is -0.258. The van der Waals surface area contributed by atoms with E-state index in [0.717, 1.165) is 31.7 Å². The molecule has 18 heavy (non-hydrogen) atoms. The molecule has 1 N–H and O–H groups in total. The second kappa shape index (κ2) is 6.40. The molecule has 0 atom stereocenters. The van der Waals surface area contributed by atoms with Crippen LogP contribution in [0, 0.1) is 5.92 Å². The van der Waals surface area contributed by atoms with Gasteiger partial charge in [-0.05, 0) is 30.9 Å². The van der Waals surface area contributed by atoms with Gasteiger partial charge < -0.3 is 14.8 Å². The molecule has 0 radical (unpaired) electrons. The number of hydrogen-bond acceptors (Lipinski definition) is 4. The van der Waals surface area contributed by atoms with Gasteiger partial charge in [-0.2, -0.15) is 0 Å². The third-order valence-electron chi connectivity index (χ3n) is 3.21. The average Bonchev–Trinajstić information content (AvgIpc) is 2.45. The predicted molar refractivity (Wildman–Crippen MR) is 69.8 cm³/mol. The fourth-order valence-corrected chi connectivity index (χ4v) is 2.06. The van der Waals surface area contributed by atoms with Crippen molar-refractivity contribution in [2.45, 2.75) is 12.8 Å². The Morgan fingerprint density at radius 2 is 2.11 bits per heavy atom. The summed E-state index contributed by atoms with van der Waals surface area (Å²) in [6, 6.07) is 7.37. The second-order valence-corrected chi connectivity index (χ2v) is 4.45. The van der Waals surface area contributed by atoms with Crippen LogP contribution in [0.5, 0.6) is 0 Å². The lowest BCUT2D eigenvalue weighted by atomic mass is 10.0. The zero-order valence-corrected chi connectivity index (χ0v) is 10.6. The van der Waals surface area contributed by atoms with Crippen LogP contribution < -0.4 is 5.32 Å². The van der Waals surface area contributed by atoms with E-state index >= 15 is 0 Å². The van der Waals surface area contributed by atoms with Gasteiger partial charge in [-0.3, -0.25) is 0 Å².